The molecule has 43 heavy (non-hydrogen) atoms. The summed E-state index contributed by atoms with van der Waals surface area (Å²) in [5.74, 6) is -2.50. The first-order valence-electron chi connectivity index (χ1n) is 14.0. The van der Waals surface area contributed by atoms with Crippen molar-refractivity contribution in [2.75, 3.05) is 39.5 Å². The predicted octanol–water partition coefficient (Wildman–Crippen LogP) is 3.56. The van der Waals surface area contributed by atoms with Crippen LogP contribution in [0, 0.1) is 17.2 Å². The van der Waals surface area contributed by atoms with Gasteiger partial charge in [-0.1, -0.05) is 19.3 Å². The van der Waals surface area contributed by atoms with E-state index in [1.807, 2.05) is 0 Å². The van der Waals surface area contributed by atoms with Gasteiger partial charge in [-0.2, -0.15) is 14.2 Å². The summed E-state index contributed by atoms with van der Waals surface area (Å²) in [6.07, 6.45) is 8.79. The van der Waals surface area contributed by atoms with Crippen molar-refractivity contribution < 1.29 is 27.8 Å². The topological polar surface area (TPSA) is 147 Å². The van der Waals surface area contributed by atoms with Gasteiger partial charge in [0.25, 0.3) is 5.91 Å². The van der Waals surface area contributed by atoms with Crippen molar-refractivity contribution in [3.63, 3.8) is 0 Å². The molecule has 1 aliphatic heterocycles. The Morgan fingerprint density at radius 1 is 1.16 bits per heavy atom. The third-order valence-electron chi connectivity index (χ3n) is 7.13. The number of morpholine rings is 1. The van der Waals surface area contributed by atoms with Crippen molar-refractivity contribution in [2.45, 2.75) is 38.1 Å². The lowest BCUT2D eigenvalue weighted by atomic mass is 9.96. The maximum Gasteiger partial charge on any atom is 0.434 e. The highest BCUT2D eigenvalue weighted by Gasteiger charge is 2.22. The highest BCUT2D eigenvalue weighted by molar-refractivity contribution is 7.13. The second-order valence-corrected chi connectivity index (χ2v) is 11.0. The smallest absolute Gasteiger partial charge is 0.434 e. The summed E-state index contributed by atoms with van der Waals surface area (Å²) in [4.78, 5) is 35.6. The number of halogens is 2. The minimum atomic E-state index is -0.947. The molecule has 0 unspecified atom stereocenters. The Hall–Kier alpha value is -4.08. The van der Waals surface area contributed by atoms with Crippen molar-refractivity contribution in [1.29, 1.82) is 5.41 Å². The Kier molecular flexibility index (Phi) is 10.2. The van der Waals surface area contributed by atoms with Gasteiger partial charge in [0.15, 0.2) is 5.82 Å². The van der Waals surface area contributed by atoms with E-state index in [1.165, 1.54) is 24.0 Å². The van der Waals surface area contributed by atoms with Crippen LogP contribution in [0.5, 0.6) is 0 Å². The van der Waals surface area contributed by atoms with Crippen molar-refractivity contribution in [3.8, 4) is 10.6 Å². The van der Waals surface area contributed by atoms with Crippen LogP contribution in [0.3, 0.4) is 0 Å². The van der Waals surface area contributed by atoms with E-state index in [-0.39, 0.29) is 24.0 Å². The molecule has 1 aliphatic carbocycles. The summed E-state index contributed by atoms with van der Waals surface area (Å²) in [7, 11) is 0. The quantitative estimate of drug-likeness (QED) is 0.230. The first-order valence-corrected chi connectivity index (χ1v) is 14.9. The average Bonchev–Trinajstić information content (AvgIpc) is 3.72. The van der Waals surface area contributed by atoms with Crippen LogP contribution in [0.2, 0.25) is 0 Å². The minimum Gasteiger partial charge on any atom is -0.447 e. The number of thiazole rings is 1. The van der Waals surface area contributed by atoms with Gasteiger partial charge in [-0.15, -0.1) is 11.3 Å². The molecule has 3 aromatic rings. The summed E-state index contributed by atoms with van der Waals surface area (Å²) in [5, 5.41) is 20.3. The van der Waals surface area contributed by atoms with E-state index in [0.717, 1.165) is 73.3 Å². The Balaban J connectivity index is 1.24. The van der Waals surface area contributed by atoms with Gasteiger partial charge >= 0.3 is 6.09 Å². The number of nitrogens with zero attached hydrogens (tertiary/aromatic N) is 5. The number of allylic oxidation sites excluding steroid dienone is 1. The summed E-state index contributed by atoms with van der Waals surface area (Å²) >= 11 is 1.16. The van der Waals surface area contributed by atoms with E-state index in [0.29, 0.717) is 30.3 Å². The fourth-order valence-electron chi connectivity index (χ4n) is 4.75. The zero-order valence-electron chi connectivity index (χ0n) is 23.4. The average molecular weight is 615 g/mol. The molecule has 0 atom stereocenters. The molecule has 1 saturated heterocycles. The highest BCUT2D eigenvalue weighted by Crippen LogP contribution is 2.24. The number of aromatic nitrogens is 4. The molecular weight excluding hydrogens is 582 g/mol. The van der Waals surface area contributed by atoms with E-state index in [1.54, 1.807) is 0 Å². The number of pyridine rings is 1. The predicted molar refractivity (Wildman–Crippen MR) is 154 cm³/mol. The number of carbonyl (C=O) groups is 2. The van der Waals surface area contributed by atoms with Gasteiger partial charge in [-0.3, -0.25) is 15.1 Å². The molecule has 0 bridgehead atoms. The molecule has 1 saturated carbocycles. The molecule has 12 nitrogen and oxygen atoms in total. The van der Waals surface area contributed by atoms with E-state index in [9.17, 15) is 18.4 Å². The molecule has 1 amide bonds. The number of nitrogens with one attached hydrogen (secondary N) is 3. The third-order valence-corrected chi connectivity index (χ3v) is 8.02. The zero-order chi connectivity index (χ0) is 30.2. The van der Waals surface area contributed by atoms with E-state index < -0.39 is 35.2 Å². The molecule has 5 rings (SSSR count). The Morgan fingerprint density at radius 3 is 2.74 bits per heavy atom. The molecule has 0 radical (unpaired) electrons. The van der Waals surface area contributed by atoms with Crippen LogP contribution >= 0.6 is 11.3 Å². The van der Waals surface area contributed by atoms with Gasteiger partial charge < -0.3 is 20.1 Å². The second kappa shape index (κ2) is 14.4. The number of ether oxygens (including phenoxy) is 2. The maximum atomic E-state index is 14.5. The third kappa shape index (κ3) is 8.06. The van der Waals surface area contributed by atoms with Gasteiger partial charge in [0.2, 0.25) is 5.95 Å². The molecular formula is C28H32F2N8O4S. The van der Waals surface area contributed by atoms with Crippen LogP contribution in [-0.2, 0) is 9.47 Å². The van der Waals surface area contributed by atoms with Gasteiger partial charge in [-0.05, 0) is 25.0 Å². The monoisotopic (exact) mass is 614 g/mol. The van der Waals surface area contributed by atoms with Crippen molar-refractivity contribution in [3.05, 3.63) is 65.0 Å². The molecule has 228 valence electrons. The van der Waals surface area contributed by atoms with Crippen molar-refractivity contribution >= 4 is 29.0 Å². The number of hydrogen-bond acceptors (Lipinski definition) is 11. The molecule has 4 heterocycles. The fraction of sp³-hybridized carbons (Fsp3) is 0.429. The molecule has 0 aromatic carbocycles. The molecule has 3 N–H and O–H groups in total. The van der Waals surface area contributed by atoms with Crippen molar-refractivity contribution in [1.82, 2.24) is 35.3 Å². The molecule has 0 spiro atoms. The molecule has 15 heteroatoms. The summed E-state index contributed by atoms with van der Waals surface area (Å²) in [5.41, 5.74) is -0.556. The SMILES string of the molecule is N=C(/C(=C\NC1CCCCC1)NC(=O)c1csc(-c2cnn(C(=O)OCCN3CCOCC3)c2)n1)c1nc(F)ccc1F. The maximum absolute atomic E-state index is 14.5. The lowest BCUT2D eigenvalue weighted by molar-refractivity contribution is 0.0280. The van der Waals surface area contributed by atoms with Crippen LogP contribution in [0.1, 0.15) is 48.3 Å². The number of hydrogen-bond donors (Lipinski definition) is 3. The van der Waals surface area contributed by atoms with E-state index in [4.69, 9.17) is 14.9 Å². The molecule has 2 fully saturated rings. The van der Waals surface area contributed by atoms with Crippen molar-refractivity contribution in [2.24, 2.45) is 0 Å². The summed E-state index contributed by atoms with van der Waals surface area (Å²) < 4.78 is 39.9. The van der Waals surface area contributed by atoms with Gasteiger partial charge in [0, 0.05) is 49.0 Å². The lowest BCUT2D eigenvalue weighted by Crippen LogP contribution is -2.38. The highest BCUT2D eigenvalue weighted by atomic mass is 32.1. The Morgan fingerprint density at radius 2 is 1.95 bits per heavy atom. The van der Waals surface area contributed by atoms with Gasteiger partial charge in [-0.25, -0.2) is 19.2 Å². The number of rotatable bonds is 10. The standard InChI is InChI=1S/C28H32F2N8O4S/c29-20-6-7-23(30)36-25(20)24(31)21(15-32-19-4-2-1-3-5-19)34-26(39)22-17-43-27(35-22)18-14-33-38(16-18)28(40)42-13-10-37-8-11-41-12-9-37/h6-7,14-17,19,31-32H,1-5,8-13H2,(H,34,39)/b21-15+,31-24?. The minimum absolute atomic E-state index is 0.0323. The van der Waals surface area contributed by atoms with Gasteiger partial charge in [0.05, 0.1) is 25.1 Å². The second-order valence-electron chi connectivity index (χ2n) is 10.1. The van der Waals surface area contributed by atoms with Crippen LogP contribution in [0.15, 0.2) is 41.8 Å². The van der Waals surface area contributed by atoms with Gasteiger partial charge in [0.1, 0.15) is 28.7 Å². The molecule has 3 aromatic heterocycles. The Bertz CT molecular complexity index is 1480. The largest absolute Gasteiger partial charge is 0.447 e. The first-order chi connectivity index (χ1) is 20.9. The van der Waals surface area contributed by atoms with Crippen LogP contribution in [-0.4, -0.2) is 87.9 Å². The van der Waals surface area contributed by atoms with E-state index in [2.05, 4.69) is 30.6 Å². The van der Waals surface area contributed by atoms with Crippen LogP contribution < -0.4 is 10.6 Å². The fourth-order valence-corrected chi connectivity index (χ4v) is 5.52. The van der Waals surface area contributed by atoms with E-state index >= 15 is 0 Å². The lowest BCUT2D eigenvalue weighted by Gasteiger charge is -2.26. The van der Waals surface area contributed by atoms with Crippen LogP contribution in [0.4, 0.5) is 13.6 Å². The van der Waals surface area contributed by atoms with Crippen LogP contribution in [0.25, 0.3) is 10.6 Å². The molecule has 2 aliphatic rings. The summed E-state index contributed by atoms with van der Waals surface area (Å²) in [6.45, 7) is 3.70. The number of amides is 1. The zero-order valence-corrected chi connectivity index (χ0v) is 24.2. The first kappa shape index (κ1) is 30.4. The normalized spacial score (nSPS) is 16.6. The number of carbonyl (C=O) groups excluding carboxylic acids is 2. The Labute approximate surface area is 250 Å². The summed E-state index contributed by atoms with van der Waals surface area (Å²) in [6, 6.07) is 1.87.